The maximum absolute atomic E-state index is 10.9. The molecule has 2 aliphatic rings. The number of ether oxygens (including phenoxy) is 1. The summed E-state index contributed by atoms with van der Waals surface area (Å²) in [5, 5.41) is 0. The Morgan fingerprint density at radius 1 is 1.67 bits per heavy atom. The van der Waals surface area contributed by atoms with Crippen LogP contribution in [0.15, 0.2) is 0 Å². The topological polar surface area (TPSA) is 26.3 Å². The summed E-state index contributed by atoms with van der Waals surface area (Å²) in [4.78, 5) is 10.9. The number of carbonyl (C=O) groups is 1. The molecule has 0 amide bonds. The highest BCUT2D eigenvalue weighted by Gasteiger charge is 2.51. The summed E-state index contributed by atoms with van der Waals surface area (Å²) in [7, 11) is 0. The normalized spacial score (nSPS) is 44.2. The van der Waals surface area contributed by atoms with Gasteiger partial charge in [-0.1, -0.05) is 0 Å². The minimum atomic E-state index is -0.336. The van der Waals surface area contributed by atoms with Crippen LogP contribution in [0, 0.1) is 17.8 Å². The lowest BCUT2D eigenvalue weighted by molar-refractivity contribution is -0.118. The predicted octanol–water partition coefficient (Wildman–Crippen LogP) is 1.15. The molecule has 3 unspecified atom stereocenters. The van der Waals surface area contributed by atoms with E-state index in [0.29, 0.717) is 12.5 Å². The quantitative estimate of drug-likeness (QED) is 0.452. The summed E-state index contributed by atoms with van der Waals surface area (Å²) in [5.41, 5.74) is -0.336. The Morgan fingerprint density at radius 3 is 2.92 bits per heavy atom. The lowest BCUT2D eigenvalue weighted by Gasteiger charge is -2.27. The van der Waals surface area contributed by atoms with Crippen molar-refractivity contribution in [3.8, 4) is 12.3 Å². The van der Waals surface area contributed by atoms with E-state index in [9.17, 15) is 4.79 Å². The lowest BCUT2D eigenvalue weighted by atomic mass is 9.73. The molecule has 2 heteroatoms. The highest BCUT2D eigenvalue weighted by atomic mass is 16.5. The van der Waals surface area contributed by atoms with E-state index in [4.69, 9.17) is 11.2 Å². The fourth-order valence-electron chi connectivity index (χ4n) is 2.38. The summed E-state index contributed by atoms with van der Waals surface area (Å²) in [5.74, 6) is 2.58. The van der Waals surface area contributed by atoms with Gasteiger partial charge in [-0.3, -0.25) is 0 Å². The molecule has 0 radical (unpaired) electrons. The average Bonchev–Trinajstić information content (AvgIpc) is 2.64. The molecule has 0 N–H and O–H groups in total. The predicted molar refractivity (Wildman–Crippen MR) is 44.5 cm³/mol. The van der Waals surface area contributed by atoms with Crippen LogP contribution in [-0.2, 0) is 9.53 Å². The molecular formula is C10H12O2. The molecule has 2 rings (SSSR count). The number of rotatable bonds is 2. The van der Waals surface area contributed by atoms with Gasteiger partial charge >= 0.3 is 0 Å². The number of hydrogen-bond acceptors (Lipinski definition) is 2. The van der Waals surface area contributed by atoms with Crippen LogP contribution in [0.4, 0.5) is 0 Å². The Morgan fingerprint density at radius 2 is 2.50 bits per heavy atom. The Hall–Kier alpha value is -0.810. The van der Waals surface area contributed by atoms with Crippen LogP contribution >= 0.6 is 0 Å². The molecular weight excluding hydrogens is 152 g/mol. The third-order valence-corrected chi connectivity index (χ3v) is 3.02. The summed E-state index contributed by atoms with van der Waals surface area (Å²) in [6.07, 6.45) is 10.1. The molecule has 2 nitrogen and oxygen atoms in total. The molecule has 3 atom stereocenters. The Kier molecular flexibility index (Phi) is 1.69. The molecule has 0 aromatic carbocycles. The van der Waals surface area contributed by atoms with E-state index in [-0.39, 0.29) is 11.5 Å². The number of terminal acetylenes is 1. The number of fused-ring (bicyclic) bond motifs is 2. The SMILES string of the molecule is C#CCC1(C=O)CC2CCC1O2. The fourth-order valence-corrected chi connectivity index (χ4v) is 2.38. The largest absolute Gasteiger partial charge is 0.374 e. The molecule has 2 aliphatic heterocycles. The van der Waals surface area contributed by atoms with E-state index in [2.05, 4.69) is 5.92 Å². The first-order valence-corrected chi connectivity index (χ1v) is 4.36. The molecule has 2 heterocycles. The van der Waals surface area contributed by atoms with E-state index in [1.165, 1.54) is 0 Å². The number of carbonyl (C=O) groups excluding carboxylic acids is 1. The van der Waals surface area contributed by atoms with Gasteiger partial charge in [0.05, 0.1) is 17.6 Å². The lowest BCUT2D eigenvalue weighted by Crippen LogP contribution is -2.33. The van der Waals surface area contributed by atoms with E-state index in [1.807, 2.05) is 0 Å². The zero-order chi connectivity index (χ0) is 8.60. The van der Waals surface area contributed by atoms with Crippen molar-refractivity contribution < 1.29 is 9.53 Å². The second kappa shape index (κ2) is 2.60. The minimum Gasteiger partial charge on any atom is -0.374 e. The molecule has 2 bridgehead atoms. The summed E-state index contributed by atoms with van der Waals surface area (Å²) >= 11 is 0. The first-order valence-electron chi connectivity index (χ1n) is 4.36. The molecule has 0 spiro atoms. The molecule has 2 fully saturated rings. The fraction of sp³-hybridized carbons (Fsp3) is 0.700. The number of aldehydes is 1. The van der Waals surface area contributed by atoms with Gasteiger partial charge in [-0.25, -0.2) is 0 Å². The molecule has 0 aromatic rings. The van der Waals surface area contributed by atoms with Crippen molar-refractivity contribution >= 4 is 6.29 Å². The molecule has 0 aliphatic carbocycles. The van der Waals surface area contributed by atoms with E-state index < -0.39 is 0 Å². The van der Waals surface area contributed by atoms with Crippen molar-refractivity contribution in [1.29, 1.82) is 0 Å². The van der Waals surface area contributed by atoms with Gasteiger partial charge in [-0.15, -0.1) is 12.3 Å². The molecule has 0 saturated carbocycles. The standard InChI is InChI=1S/C10H12O2/c1-2-5-10(7-11)6-8-3-4-9(10)12-8/h1,7-9H,3-6H2. The molecule has 2 saturated heterocycles. The van der Waals surface area contributed by atoms with Crippen LogP contribution < -0.4 is 0 Å². The van der Waals surface area contributed by atoms with Gasteiger partial charge in [0.1, 0.15) is 6.29 Å². The smallest absolute Gasteiger partial charge is 0.129 e. The molecule has 12 heavy (non-hydrogen) atoms. The van der Waals surface area contributed by atoms with Gasteiger partial charge in [0.2, 0.25) is 0 Å². The first kappa shape index (κ1) is 7.82. The second-order valence-electron chi connectivity index (χ2n) is 3.76. The van der Waals surface area contributed by atoms with Crippen molar-refractivity contribution in [2.24, 2.45) is 5.41 Å². The highest BCUT2D eigenvalue weighted by molar-refractivity contribution is 5.62. The summed E-state index contributed by atoms with van der Waals surface area (Å²) < 4.78 is 5.60. The van der Waals surface area contributed by atoms with Gasteiger partial charge in [0.15, 0.2) is 0 Å². The van der Waals surface area contributed by atoms with E-state index in [0.717, 1.165) is 25.5 Å². The summed E-state index contributed by atoms with van der Waals surface area (Å²) in [6, 6.07) is 0. The van der Waals surface area contributed by atoms with Crippen molar-refractivity contribution in [1.82, 2.24) is 0 Å². The van der Waals surface area contributed by atoms with Crippen LogP contribution in [0.25, 0.3) is 0 Å². The van der Waals surface area contributed by atoms with Gasteiger partial charge < -0.3 is 9.53 Å². The number of hydrogen-bond donors (Lipinski definition) is 0. The second-order valence-corrected chi connectivity index (χ2v) is 3.76. The zero-order valence-corrected chi connectivity index (χ0v) is 6.95. The van der Waals surface area contributed by atoms with Gasteiger partial charge in [-0.05, 0) is 19.3 Å². The van der Waals surface area contributed by atoms with Crippen LogP contribution in [0.1, 0.15) is 25.7 Å². The van der Waals surface area contributed by atoms with Crippen molar-refractivity contribution in [2.45, 2.75) is 37.9 Å². The van der Waals surface area contributed by atoms with Crippen molar-refractivity contribution in [3.63, 3.8) is 0 Å². The Bertz CT molecular complexity index is 241. The highest BCUT2D eigenvalue weighted by Crippen LogP contribution is 2.48. The van der Waals surface area contributed by atoms with E-state index in [1.54, 1.807) is 0 Å². The molecule has 64 valence electrons. The van der Waals surface area contributed by atoms with Crippen LogP contribution in [0.2, 0.25) is 0 Å². The van der Waals surface area contributed by atoms with Gasteiger partial charge in [0.25, 0.3) is 0 Å². The maximum atomic E-state index is 10.9. The monoisotopic (exact) mass is 164 g/mol. The third-order valence-electron chi connectivity index (χ3n) is 3.02. The molecule has 0 aromatic heterocycles. The average molecular weight is 164 g/mol. The van der Waals surface area contributed by atoms with Crippen LogP contribution in [0.5, 0.6) is 0 Å². The van der Waals surface area contributed by atoms with Gasteiger partial charge in [-0.2, -0.15) is 0 Å². The first-order chi connectivity index (χ1) is 5.80. The summed E-state index contributed by atoms with van der Waals surface area (Å²) in [6.45, 7) is 0. The van der Waals surface area contributed by atoms with Crippen molar-refractivity contribution in [2.75, 3.05) is 0 Å². The maximum Gasteiger partial charge on any atom is 0.129 e. The van der Waals surface area contributed by atoms with Crippen LogP contribution in [0.3, 0.4) is 0 Å². The third kappa shape index (κ3) is 0.899. The van der Waals surface area contributed by atoms with Gasteiger partial charge in [0, 0.05) is 6.42 Å². The minimum absolute atomic E-state index is 0.107. The Labute approximate surface area is 72.3 Å². The zero-order valence-electron chi connectivity index (χ0n) is 6.95. The van der Waals surface area contributed by atoms with E-state index >= 15 is 0 Å². The van der Waals surface area contributed by atoms with Crippen LogP contribution in [-0.4, -0.2) is 18.5 Å². The van der Waals surface area contributed by atoms with Crippen molar-refractivity contribution in [3.05, 3.63) is 0 Å². The Balaban J connectivity index is 2.20.